The highest BCUT2D eigenvalue weighted by atomic mass is 14.9. The van der Waals surface area contributed by atoms with Gasteiger partial charge in [-0.05, 0) is 25.3 Å². The average molecular weight is 219 g/mol. The SMILES string of the molecule is CCC(CC)C(C)NC(C)c1ccccc1. The zero-order valence-corrected chi connectivity index (χ0v) is 11.0. The second-order valence-electron chi connectivity index (χ2n) is 4.66. The smallest absolute Gasteiger partial charge is 0.0294 e. The van der Waals surface area contributed by atoms with Crippen LogP contribution in [0.15, 0.2) is 30.3 Å². The summed E-state index contributed by atoms with van der Waals surface area (Å²) in [6.07, 6.45) is 2.51. The number of hydrogen-bond acceptors (Lipinski definition) is 1. The molecule has 0 saturated heterocycles. The first-order chi connectivity index (χ1) is 7.69. The summed E-state index contributed by atoms with van der Waals surface area (Å²) in [5.74, 6) is 0.783. The van der Waals surface area contributed by atoms with Crippen molar-refractivity contribution in [1.29, 1.82) is 0 Å². The molecule has 2 atom stereocenters. The molecule has 0 amide bonds. The van der Waals surface area contributed by atoms with E-state index in [1.807, 2.05) is 0 Å². The number of hydrogen-bond donors (Lipinski definition) is 1. The van der Waals surface area contributed by atoms with E-state index in [4.69, 9.17) is 0 Å². The number of nitrogens with one attached hydrogen (secondary N) is 1. The van der Waals surface area contributed by atoms with Gasteiger partial charge in [0.25, 0.3) is 0 Å². The third-order valence-corrected chi connectivity index (χ3v) is 3.57. The quantitative estimate of drug-likeness (QED) is 0.757. The first kappa shape index (κ1) is 13.2. The highest BCUT2D eigenvalue weighted by molar-refractivity contribution is 5.18. The summed E-state index contributed by atoms with van der Waals surface area (Å²) < 4.78 is 0. The highest BCUT2D eigenvalue weighted by Gasteiger charge is 2.15. The van der Waals surface area contributed by atoms with Gasteiger partial charge in [-0.1, -0.05) is 57.0 Å². The van der Waals surface area contributed by atoms with Gasteiger partial charge >= 0.3 is 0 Å². The van der Waals surface area contributed by atoms with Gasteiger partial charge in [-0.2, -0.15) is 0 Å². The van der Waals surface area contributed by atoms with Gasteiger partial charge in [0.15, 0.2) is 0 Å². The third-order valence-electron chi connectivity index (χ3n) is 3.57. The van der Waals surface area contributed by atoms with E-state index in [9.17, 15) is 0 Å². The van der Waals surface area contributed by atoms with Crippen LogP contribution in [0.25, 0.3) is 0 Å². The molecule has 0 aliphatic carbocycles. The van der Waals surface area contributed by atoms with Gasteiger partial charge in [0.2, 0.25) is 0 Å². The van der Waals surface area contributed by atoms with E-state index < -0.39 is 0 Å². The average Bonchev–Trinajstić information content (AvgIpc) is 2.31. The van der Waals surface area contributed by atoms with E-state index in [1.54, 1.807) is 0 Å². The molecule has 1 aromatic rings. The molecule has 1 aromatic carbocycles. The van der Waals surface area contributed by atoms with Gasteiger partial charge in [0, 0.05) is 12.1 Å². The fraction of sp³-hybridized carbons (Fsp3) is 0.600. The van der Waals surface area contributed by atoms with E-state index in [0.717, 1.165) is 5.92 Å². The van der Waals surface area contributed by atoms with Crippen LogP contribution >= 0.6 is 0 Å². The van der Waals surface area contributed by atoms with Crippen LogP contribution in [0.1, 0.15) is 52.1 Å². The first-order valence-corrected chi connectivity index (χ1v) is 6.50. The lowest BCUT2D eigenvalue weighted by Gasteiger charge is -2.26. The monoisotopic (exact) mass is 219 g/mol. The summed E-state index contributed by atoms with van der Waals surface area (Å²) in [4.78, 5) is 0. The maximum Gasteiger partial charge on any atom is 0.0294 e. The first-order valence-electron chi connectivity index (χ1n) is 6.50. The molecule has 1 N–H and O–H groups in total. The molecule has 1 heteroatoms. The Morgan fingerprint density at radius 3 is 2.06 bits per heavy atom. The lowest BCUT2D eigenvalue weighted by atomic mass is 9.94. The Hall–Kier alpha value is -0.820. The van der Waals surface area contributed by atoms with Crippen molar-refractivity contribution in [2.24, 2.45) is 5.92 Å². The van der Waals surface area contributed by atoms with Crippen LogP contribution in [-0.2, 0) is 0 Å². The Bertz CT molecular complexity index is 277. The molecule has 0 spiro atoms. The van der Waals surface area contributed by atoms with Crippen LogP contribution in [-0.4, -0.2) is 6.04 Å². The molecular weight excluding hydrogens is 194 g/mol. The zero-order valence-electron chi connectivity index (χ0n) is 11.0. The number of rotatable bonds is 6. The van der Waals surface area contributed by atoms with E-state index in [2.05, 4.69) is 63.3 Å². The fourth-order valence-corrected chi connectivity index (χ4v) is 2.36. The molecule has 1 nitrogen and oxygen atoms in total. The van der Waals surface area contributed by atoms with Crippen LogP contribution in [0.3, 0.4) is 0 Å². The molecule has 0 bridgehead atoms. The van der Waals surface area contributed by atoms with E-state index in [-0.39, 0.29) is 0 Å². The highest BCUT2D eigenvalue weighted by Crippen LogP contribution is 2.18. The van der Waals surface area contributed by atoms with Crippen LogP contribution in [0.2, 0.25) is 0 Å². The standard InChI is InChI=1S/C15H25N/c1-5-14(6-2)12(3)16-13(4)15-10-8-7-9-11-15/h7-14,16H,5-6H2,1-4H3. The van der Waals surface area contributed by atoms with Crippen molar-refractivity contribution in [3.05, 3.63) is 35.9 Å². The Morgan fingerprint density at radius 2 is 1.56 bits per heavy atom. The van der Waals surface area contributed by atoms with Crippen LogP contribution in [0.5, 0.6) is 0 Å². The molecule has 90 valence electrons. The summed E-state index contributed by atoms with van der Waals surface area (Å²) in [5, 5.41) is 3.70. The van der Waals surface area contributed by atoms with E-state index >= 15 is 0 Å². The van der Waals surface area contributed by atoms with Crippen molar-refractivity contribution < 1.29 is 0 Å². The minimum atomic E-state index is 0.441. The molecule has 0 aliphatic rings. The molecule has 2 unspecified atom stereocenters. The van der Waals surface area contributed by atoms with Gasteiger partial charge in [-0.15, -0.1) is 0 Å². The van der Waals surface area contributed by atoms with Crippen molar-refractivity contribution in [2.45, 2.75) is 52.6 Å². The van der Waals surface area contributed by atoms with E-state index in [1.165, 1.54) is 18.4 Å². The zero-order chi connectivity index (χ0) is 12.0. The maximum atomic E-state index is 3.70. The largest absolute Gasteiger partial charge is 0.307 e. The van der Waals surface area contributed by atoms with Crippen molar-refractivity contribution in [3.8, 4) is 0 Å². The molecule has 0 saturated carbocycles. The van der Waals surface area contributed by atoms with Crippen molar-refractivity contribution >= 4 is 0 Å². The summed E-state index contributed by atoms with van der Waals surface area (Å²) in [6.45, 7) is 9.10. The molecule has 16 heavy (non-hydrogen) atoms. The predicted molar refractivity (Wildman–Crippen MR) is 71.5 cm³/mol. The van der Waals surface area contributed by atoms with E-state index in [0.29, 0.717) is 12.1 Å². The molecule has 0 fully saturated rings. The van der Waals surface area contributed by atoms with Gasteiger partial charge in [-0.3, -0.25) is 0 Å². The fourth-order valence-electron chi connectivity index (χ4n) is 2.36. The Kier molecular flexibility index (Phi) is 5.54. The molecule has 0 aliphatic heterocycles. The maximum absolute atomic E-state index is 3.70. The molecule has 0 radical (unpaired) electrons. The van der Waals surface area contributed by atoms with Crippen molar-refractivity contribution in [3.63, 3.8) is 0 Å². The third kappa shape index (κ3) is 3.64. The minimum Gasteiger partial charge on any atom is -0.307 e. The summed E-state index contributed by atoms with van der Waals surface area (Å²) in [6, 6.07) is 11.7. The molecular formula is C15H25N. The Labute approximate surface area is 100 Å². The second kappa shape index (κ2) is 6.70. The Morgan fingerprint density at radius 1 is 1.00 bits per heavy atom. The lowest BCUT2D eigenvalue weighted by molar-refractivity contribution is 0.330. The van der Waals surface area contributed by atoms with Crippen LogP contribution < -0.4 is 5.32 Å². The van der Waals surface area contributed by atoms with Crippen LogP contribution in [0, 0.1) is 5.92 Å². The Balaban J connectivity index is 2.54. The summed E-state index contributed by atoms with van der Waals surface area (Å²) in [7, 11) is 0. The second-order valence-corrected chi connectivity index (χ2v) is 4.66. The van der Waals surface area contributed by atoms with Crippen LogP contribution in [0.4, 0.5) is 0 Å². The van der Waals surface area contributed by atoms with Gasteiger partial charge in [-0.25, -0.2) is 0 Å². The summed E-state index contributed by atoms with van der Waals surface area (Å²) >= 11 is 0. The number of benzene rings is 1. The van der Waals surface area contributed by atoms with Gasteiger partial charge in [0.05, 0.1) is 0 Å². The normalized spacial score (nSPS) is 15.1. The van der Waals surface area contributed by atoms with Gasteiger partial charge < -0.3 is 5.32 Å². The molecule has 0 heterocycles. The summed E-state index contributed by atoms with van der Waals surface area (Å²) in [5.41, 5.74) is 1.38. The molecule has 1 rings (SSSR count). The minimum absolute atomic E-state index is 0.441. The van der Waals surface area contributed by atoms with Crippen molar-refractivity contribution in [2.75, 3.05) is 0 Å². The predicted octanol–water partition coefficient (Wildman–Crippen LogP) is 4.16. The van der Waals surface area contributed by atoms with Crippen molar-refractivity contribution in [1.82, 2.24) is 5.32 Å². The topological polar surface area (TPSA) is 12.0 Å². The molecule has 0 aromatic heterocycles. The lowest BCUT2D eigenvalue weighted by Crippen LogP contribution is -2.34. The van der Waals surface area contributed by atoms with Gasteiger partial charge in [0.1, 0.15) is 0 Å².